The van der Waals surface area contributed by atoms with Gasteiger partial charge in [0.05, 0.1) is 33.0 Å². The highest BCUT2D eigenvalue weighted by Crippen LogP contribution is 2.32. The average molecular weight is 339 g/mol. The molecule has 2 aromatic rings. The van der Waals surface area contributed by atoms with Gasteiger partial charge in [-0.05, 0) is 28.8 Å². The summed E-state index contributed by atoms with van der Waals surface area (Å²) < 4.78 is 16.7. The number of nitrogens with zero attached hydrogens (tertiary/aromatic N) is 1. The Morgan fingerprint density at radius 2 is 1.84 bits per heavy atom. The summed E-state index contributed by atoms with van der Waals surface area (Å²) in [6, 6.07) is 12.0. The maximum Gasteiger partial charge on any atom is 0.193 e. The lowest BCUT2D eigenvalue weighted by atomic mass is 10.1. The second-order valence-corrected chi connectivity index (χ2v) is 6.13. The van der Waals surface area contributed by atoms with Gasteiger partial charge in [-0.1, -0.05) is 18.2 Å². The van der Waals surface area contributed by atoms with E-state index < -0.39 is 0 Å². The van der Waals surface area contributed by atoms with Crippen LogP contribution in [0.5, 0.6) is 11.5 Å². The highest BCUT2D eigenvalue weighted by atomic mass is 16.5. The summed E-state index contributed by atoms with van der Waals surface area (Å²) in [4.78, 5) is 4.42. The largest absolute Gasteiger partial charge is 0.490 e. The van der Waals surface area contributed by atoms with Gasteiger partial charge in [0.15, 0.2) is 17.5 Å². The Morgan fingerprint density at radius 3 is 2.76 bits per heavy atom. The first-order valence-corrected chi connectivity index (χ1v) is 8.43. The van der Waals surface area contributed by atoms with Gasteiger partial charge in [0.1, 0.15) is 0 Å². The molecule has 0 spiro atoms. The molecule has 0 atom stereocenters. The molecule has 0 fully saturated rings. The van der Waals surface area contributed by atoms with Crippen molar-refractivity contribution in [1.82, 2.24) is 0 Å². The van der Waals surface area contributed by atoms with Crippen molar-refractivity contribution in [3.63, 3.8) is 0 Å². The van der Waals surface area contributed by atoms with Gasteiger partial charge >= 0.3 is 0 Å². The van der Waals surface area contributed by atoms with Crippen LogP contribution < -0.4 is 20.5 Å². The van der Waals surface area contributed by atoms with Crippen LogP contribution in [0.25, 0.3) is 0 Å². The van der Waals surface area contributed by atoms with Crippen LogP contribution in [0.1, 0.15) is 23.1 Å². The van der Waals surface area contributed by atoms with Crippen molar-refractivity contribution < 1.29 is 14.2 Å². The molecule has 4 rings (SSSR count). The number of aliphatic imine (C=N–C) groups is 1. The van der Waals surface area contributed by atoms with Gasteiger partial charge in [0, 0.05) is 18.2 Å². The number of benzene rings is 2. The van der Waals surface area contributed by atoms with Crippen molar-refractivity contribution >= 4 is 11.6 Å². The van der Waals surface area contributed by atoms with Gasteiger partial charge in [-0.15, -0.1) is 0 Å². The van der Waals surface area contributed by atoms with E-state index in [0.717, 1.165) is 29.2 Å². The molecule has 0 aliphatic carbocycles. The highest BCUT2D eigenvalue weighted by Gasteiger charge is 2.12. The quantitative estimate of drug-likeness (QED) is 0.664. The summed E-state index contributed by atoms with van der Waals surface area (Å²) in [7, 11) is 0. The number of nitrogens with two attached hydrogens (primary N) is 1. The molecule has 0 radical (unpaired) electrons. The average Bonchev–Trinajstić information content (AvgIpc) is 2.96. The van der Waals surface area contributed by atoms with E-state index in [1.807, 2.05) is 18.2 Å². The summed E-state index contributed by atoms with van der Waals surface area (Å²) in [5, 5.41) is 3.10. The summed E-state index contributed by atoms with van der Waals surface area (Å²) in [6.45, 7) is 3.23. The first-order chi connectivity index (χ1) is 12.3. The minimum Gasteiger partial charge on any atom is -0.490 e. The molecule has 0 amide bonds. The van der Waals surface area contributed by atoms with E-state index in [1.165, 1.54) is 11.1 Å². The van der Waals surface area contributed by atoms with E-state index in [0.29, 0.717) is 38.9 Å². The molecule has 6 heteroatoms. The monoisotopic (exact) mass is 339 g/mol. The minimum absolute atomic E-state index is 0.367. The first-order valence-electron chi connectivity index (χ1n) is 8.43. The smallest absolute Gasteiger partial charge is 0.193 e. The fourth-order valence-corrected chi connectivity index (χ4v) is 2.93. The van der Waals surface area contributed by atoms with Crippen molar-refractivity contribution in [2.75, 3.05) is 18.5 Å². The fraction of sp³-hybridized carbons (Fsp3) is 0.316. The van der Waals surface area contributed by atoms with Crippen LogP contribution in [0, 0.1) is 0 Å². The number of anilines is 1. The predicted octanol–water partition coefficient (Wildman–Crippen LogP) is 2.80. The maximum absolute atomic E-state index is 6.02. The zero-order valence-corrected chi connectivity index (χ0v) is 14.0. The van der Waals surface area contributed by atoms with E-state index in [4.69, 9.17) is 19.9 Å². The molecule has 0 unspecified atom stereocenters. The number of hydrogen-bond donors (Lipinski definition) is 2. The summed E-state index contributed by atoms with van der Waals surface area (Å²) in [5.74, 6) is 1.86. The zero-order valence-electron chi connectivity index (χ0n) is 14.0. The van der Waals surface area contributed by atoms with Gasteiger partial charge in [-0.2, -0.15) is 0 Å². The lowest BCUT2D eigenvalue weighted by molar-refractivity contribution is 0.134. The van der Waals surface area contributed by atoms with Gasteiger partial charge in [-0.3, -0.25) is 0 Å². The molecular formula is C19H21N3O3. The van der Waals surface area contributed by atoms with E-state index in [-0.39, 0.29) is 0 Å². The highest BCUT2D eigenvalue weighted by molar-refractivity contribution is 5.92. The standard InChI is InChI=1S/C19H21N3O3/c20-19(21-10-13-2-3-14-11-23-12-15(14)8-13)22-16-4-5-17-18(9-16)25-7-1-6-24-17/h2-5,8-9H,1,6-7,10-12H2,(H3,20,21,22). The Hall–Kier alpha value is -2.73. The van der Waals surface area contributed by atoms with Crippen LogP contribution >= 0.6 is 0 Å². The van der Waals surface area contributed by atoms with Crippen LogP contribution in [0.2, 0.25) is 0 Å². The summed E-state index contributed by atoms with van der Waals surface area (Å²) in [5.41, 5.74) is 10.5. The Kier molecular flexibility index (Phi) is 4.43. The minimum atomic E-state index is 0.367. The molecule has 2 aliphatic heterocycles. The molecule has 2 heterocycles. The molecule has 2 aliphatic rings. The van der Waals surface area contributed by atoms with Crippen molar-refractivity contribution in [2.45, 2.75) is 26.2 Å². The number of rotatable bonds is 3. The third kappa shape index (κ3) is 3.69. The number of ether oxygens (including phenoxy) is 3. The predicted molar refractivity (Wildman–Crippen MR) is 95.9 cm³/mol. The molecule has 0 saturated heterocycles. The number of hydrogen-bond acceptors (Lipinski definition) is 4. The molecule has 25 heavy (non-hydrogen) atoms. The Balaban J connectivity index is 1.42. The summed E-state index contributed by atoms with van der Waals surface area (Å²) in [6.07, 6.45) is 0.882. The SMILES string of the molecule is NC(=NCc1ccc2c(c1)COC2)Nc1ccc2c(c1)OCCCO2. The van der Waals surface area contributed by atoms with E-state index in [2.05, 4.69) is 28.5 Å². The molecular weight excluding hydrogens is 318 g/mol. The second kappa shape index (κ2) is 7.03. The Bertz CT molecular complexity index is 804. The van der Waals surface area contributed by atoms with Crippen molar-refractivity contribution in [2.24, 2.45) is 10.7 Å². The molecule has 0 aromatic heterocycles. The third-order valence-electron chi connectivity index (χ3n) is 4.24. The summed E-state index contributed by atoms with van der Waals surface area (Å²) >= 11 is 0. The van der Waals surface area contributed by atoms with E-state index in [9.17, 15) is 0 Å². The number of guanidine groups is 1. The molecule has 3 N–H and O–H groups in total. The van der Waals surface area contributed by atoms with E-state index >= 15 is 0 Å². The first kappa shape index (κ1) is 15.8. The Morgan fingerprint density at radius 1 is 1.00 bits per heavy atom. The van der Waals surface area contributed by atoms with Crippen LogP contribution in [0.3, 0.4) is 0 Å². The lowest BCUT2D eigenvalue weighted by Crippen LogP contribution is -2.22. The molecule has 0 saturated carbocycles. The molecule has 2 aromatic carbocycles. The van der Waals surface area contributed by atoms with Crippen LogP contribution in [-0.2, 0) is 24.5 Å². The molecule has 130 valence electrons. The van der Waals surface area contributed by atoms with Crippen molar-refractivity contribution in [1.29, 1.82) is 0 Å². The van der Waals surface area contributed by atoms with Crippen LogP contribution in [-0.4, -0.2) is 19.2 Å². The molecule has 6 nitrogen and oxygen atoms in total. The maximum atomic E-state index is 6.02. The van der Waals surface area contributed by atoms with Gasteiger partial charge < -0.3 is 25.3 Å². The fourth-order valence-electron chi connectivity index (χ4n) is 2.93. The topological polar surface area (TPSA) is 78.1 Å². The van der Waals surface area contributed by atoms with Gasteiger partial charge in [-0.25, -0.2) is 4.99 Å². The third-order valence-corrected chi connectivity index (χ3v) is 4.24. The zero-order chi connectivity index (χ0) is 17.1. The lowest BCUT2D eigenvalue weighted by Gasteiger charge is -2.11. The second-order valence-electron chi connectivity index (χ2n) is 6.13. The number of fused-ring (bicyclic) bond motifs is 2. The van der Waals surface area contributed by atoms with Crippen LogP contribution in [0.4, 0.5) is 5.69 Å². The Labute approximate surface area is 146 Å². The normalized spacial score (nSPS) is 16.2. The van der Waals surface area contributed by atoms with Gasteiger partial charge in [0.25, 0.3) is 0 Å². The van der Waals surface area contributed by atoms with Crippen LogP contribution in [0.15, 0.2) is 41.4 Å². The van der Waals surface area contributed by atoms with Crippen molar-refractivity contribution in [3.8, 4) is 11.5 Å². The number of nitrogens with one attached hydrogen (secondary N) is 1. The van der Waals surface area contributed by atoms with E-state index in [1.54, 1.807) is 0 Å². The van der Waals surface area contributed by atoms with Gasteiger partial charge in [0.2, 0.25) is 0 Å². The van der Waals surface area contributed by atoms with Crippen molar-refractivity contribution in [3.05, 3.63) is 53.1 Å². The molecule has 0 bridgehead atoms.